The first kappa shape index (κ1) is 26.5. The molecule has 0 aliphatic carbocycles. The van der Waals surface area contributed by atoms with Gasteiger partial charge in [-0.25, -0.2) is 4.79 Å². The van der Waals surface area contributed by atoms with Gasteiger partial charge in [0.05, 0.1) is 13.2 Å². The molecule has 0 saturated carbocycles. The zero-order valence-electron chi connectivity index (χ0n) is 19.7. The lowest BCUT2D eigenvalue weighted by Crippen LogP contribution is -2.49. The fourth-order valence-corrected chi connectivity index (χ4v) is 3.03. The van der Waals surface area contributed by atoms with Crippen molar-refractivity contribution < 1.29 is 19.0 Å². The van der Waals surface area contributed by atoms with Crippen molar-refractivity contribution in [3.63, 3.8) is 0 Å². The van der Waals surface area contributed by atoms with Crippen molar-refractivity contribution in [1.82, 2.24) is 16.0 Å². The molecule has 8 nitrogen and oxygen atoms in total. The quantitative estimate of drug-likeness (QED) is 0.237. The number of aliphatic imine (C=N–C) groups is 1. The van der Waals surface area contributed by atoms with Crippen molar-refractivity contribution in [2.45, 2.75) is 78.4 Å². The third-order valence-electron chi connectivity index (χ3n) is 4.58. The summed E-state index contributed by atoms with van der Waals surface area (Å²) in [6.07, 6.45) is 4.71. The number of ether oxygens (including phenoxy) is 3. The summed E-state index contributed by atoms with van der Waals surface area (Å²) >= 11 is 0. The molecule has 1 saturated heterocycles. The van der Waals surface area contributed by atoms with Crippen LogP contribution in [-0.2, 0) is 14.2 Å². The van der Waals surface area contributed by atoms with Crippen LogP contribution in [0.2, 0.25) is 0 Å². The number of nitrogens with zero attached hydrogens (tertiary/aromatic N) is 1. The van der Waals surface area contributed by atoms with Gasteiger partial charge in [-0.1, -0.05) is 19.8 Å². The van der Waals surface area contributed by atoms with Gasteiger partial charge in [0.25, 0.3) is 0 Å². The number of carbonyl (C=O) groups excluding carboxylic acids is 1. The van der Waals surface area contributed by atoms with Crippen molar-refractivity contribution in [3.8, 4) is 0 Å². The molecule has 176 valence electrons. The number of rotatable bonds is 13. The number of nitrogens with one attached hydrogen (secondary N) is 3. The molecule has 1 fully saturated rings. The molecule has 0 radical (unpaired) electrons. The molecule has 3 N–H and O–H groups in total. The number of carbonyl (C=O) groups is 1. The first-order valence-electron chi connectivity index (χ1n) is 11.5. The Morgan fingerprint density at radius 3 is 2.67 bits per heavy atom. The average molecular weight is 429 g/mol. The van der Waals surface area contributed by atoms with E-state index in [0.29, 0.717) is 25.6 Å². The van der Waals surface area contributed by atoms with Crippen LogP contribution in [0.3, 0.4) is 0 Å². The zero-order chi connectivity index (χ0) is 22.2. The second kappa shape index (κ2) is 15.3. The lowest BCUT2D eigenvalue weighted by molar-refractivity contribution is 0.0522. The van der Waals surface area contributed by atoms with Gasteiger partial charge in [-0.15, -0.1) is 0 Å². The van der Waals surface area contributed by atoms with E-state index in [1.54, 1.807) is 0 Å². The average Bonchev–Trinajstić information content (AvgIpc) is 3.18. The number of hydrogen-bond donors (Lipinski definition) is 3. The highest BCUT2D eigenvalue weighted by Gasteiger charge is 2.18. The summed E-state index contributed by atoms with van der Waals surface area (Å²) in [6, 6.07) is 0.0916. The molecule has 0 bridgehead atoms. The topological polar surface area (TPSA) is 93.2 Å². The molecular weight excluding hydrogens is 384 g/mol. The van der Waals surface area contributed by atoms with Crippen molar-refractivity contribution in [2.24, 2.45) is 10.9 Å². The molecule has 1 amide bonds. The van der Waals surface area contributed by atoms with Crippen LogP contribution < -0.4 is 16.0 Å². The summed E-state index contributed by atoms with van der Waals surface area (Å²) in [6.45, 7) is 14.9. The fraction of sp³-hybridized carbons (Fsp3) is 0.909. The number of amides is 1. The van der Waals surface area contributed by atoms with E-state index in [1.165, 1.54) is 0 Å². The molecule has 8 heteroatoms. The van der Waals surface area contributed by atoms with Crippen molar-refractivity contribution >= 4 is 12.1 Å². The molecular formula is C22H44N4O4. The standard InChI is InChI=1S/C22H44N4O4/c1-6-8-10-19(15-25-21(27)30-22(3,4)5)26-20(23-7-2)24-12-9-13-28-16-18-11-14-29-17-18/h18-19H,6-17H2,1-5H3,(H,25,27)(H2,23,24,26). The van der Waals surface area contributed by atoms with E-state index in [0.717, 1.165) is 64.4 Å². The van der Waals surface area contributed by atoms with Crippen molar-refractivity contribution in [1.29, 1.82) is 0 Å². The Kier molecular flexibility index (Phi) is 13.5. The van der Waals surface area contributed by atoms with E-state index in [9.17, 15) is 4.79 Å². The third-order valence-corrected chi connectivity index (χ3v) is 4.58. The van der Waals surface area contributed by atoms with Crippen LogP contribution >= 0.6 is 0 Å². The molecule has 0 spiro atoms. The summed E-state index contributed by atoms with van der Waals surface area (Å²) in [7, 11) is 0. The summed E-state index contributed by atoms with van der Waals surface area (Å²) in [5.41, 5.74) is -0.500. The van der Waals surface area contributed by atoms with Gasteiger partial charge in [0.15, 0.2) is 5.96 Å². The highest BCUT2D eigenvalue weighted by atomic mass is 16.6. The maximum atomic E-state index is 12.0. The number of guanidine groups is 1. The molecule has 2 atom stereocenters. The summed E-state index contributed by atoms with van der Waals surface area (Å²) in [4.78, 5) is 16.7. The van der Waals surface area contributed by atoms with Gasteiger partial charge in [0.1, 0.15) is 5.60 Å². The Bertz CT molecular complexity index is 488. The second-order valence-electron chi connectivity index (χ2n) is 8.79. The third kappa shape index (κ3) is 13.6. The summed E-state index contributed by atoms with van der Waals surface area (Å²) in [5.74, 6) is 1.32. The number of unbranched alkanes of at least 4 members (excludes halogenated alkanes) is 1. The molecule has 1 aliphatic rings. The van der Waals surface area contributed by atoms with Crippen molar-refractivity contribution in [2.75, 3.05) is 46.1 Å². The Balaban J connectivity index is 2.41. The Hall–Kier alpha value is -1.54. The highest BCUT2D eigenvalue weighted by Crippen LogP contribution is 2.12. The maximum absolute atomic E-state index is 12.0. The Morgan fingerprint density at radius 1 is 1.23 bits per heavy atom. The highest BCUT2D eigenvalue weighted by molar-refractivity contribution is 5.80. The van der Waals surface area contributed by atoms with E-state index >= 15 is 0 Å². The lowest BCUT2D eigenvalue weighted by atomic mass is 10.1. The molecule has 0 aromatic rings. The Labute approximate surface area is 182 Å². The van der Waals surface area contributed by atoms with Gasteiger partial charge in [-0.05, 0) is 47.0 Å². The fourth-order valence-electron chi connectivity index (χ4n) is 3.03. The lowest BCUT2D eigenvalue weighted by Gasteiger charge is -2.24. The number of alkyl carbamates (subject to hydrolysis) is 1. The molecule has 1 rings (SSSR count). The molecule has 2 unspecified atom stereocenters. The van der Waals surface area contributed by atoms with Crippen LogP contribution in [0.25, 0.3) is 0 Å². The minimum absolute atomic E-state index is 0.0916. The smallest absolute Gasteiger partial charge is 0.407 e. The molecule has 1 heterocycles. The number of hydrogen-bond acceptors (Lipinski definition) is 5. The molecule has 30 heavy (non-hydrogen) atoms. The van der Waals surface area contributed by atoms with Crippen LogP contribution in [0, 0.1) is 5.92 Å². The predicted molar refractivity (Wildman–Crippen MR) is 121 cm³/mol. The van der Waals surface area contributed by atoms with E-state index < -0.39 is 11.7 Å². The summed E-state index contributed by atoms with van der Waals surface area (Å²) in [5, 5.41) is 9.61. The summed E-state index contributed by atoms with van der Waals surface area (Å²) < 4.78 is 16.4. The minimum Gasteiger partial charge on any atom is -0.444 e. The van der Waals surface area contributed by atoms with E-state index in [2.05, 4.69) is 27.9 Å². The van der Waals surface area contributed by atoms with Crippen LogP contribution in [0.1, 0.15) is 66.7 Å². The first-order valence-corrected chi connectivity index (χ1v) is 11.5. The van der Waals surface area contributed by atoms with E-state index in [4.69, 9.17) is 14.2 Å². The van der Waals surface area contributed by atoms with Crippen LogP contribution in [0.5, 0.6) is 0 Å². The van der Waals surface area contributed by atoms with E-state index in [1.807, 2.05) is 27.7 Å². The van der Waals surface area contributed by atoms with Gasteiger partial charge >= 0.3 is 6.09 Å². The monoisotopic (exact) mass is 428 g/mol. The second-order valence-corrected chi connectivity index (χ2v) is 8.79. The largest absolute Gasteiger partial charge is 0.444 e. The minimum atomic E-state index is -0.500. The molecule has 0 aromatic heterocycles. The van der Waals surface area contributed by atoms with Gasteiger partial charge in [-0.2, -0.15) is 0 Å². The van der Waals surface area contributed by atoms with Gasteiger partial charge < -0.3 is 30.2 Å². The van der Waals surface area contributed by atoms with E-state index in [-0.39, 0.29) is 6.04 Å². The molecule has 0 aromatic carbocycles. The predicted octanol–water partition coefficient (Wildman–Crippen LogP) is 3.07. The van der Waals surface area contributed by atoms with Crippen LogP contribution in [-0.4, -0.2) is 69.8 Å². The maximum Gasteiger partial charge on any atom is 0.407 e. The van der Waals surface area contributed by atoms with Crippen LogP contribution in [0.15, 0.2) is 4.99 Å². The van der Waals surface area contributed by atoms with Gasteiger partial charge in [-0.3, -0.25) is 4.99 Å². The zero-order valence-corrected chi connectivity index (χ0v) is 19.7. The van der Waals surface area contributed by atoms with Crippen molar-refractivity contribution in [3.05, 3.63) is 0 Å². The normalized spacial score (nSPS) is 18.2. The SMILES string of the molecule is CCCCC(CNC(=O)OC(C)(C)C)NC(=NCCCOCC1CCOC1)NCC. The van der Waals surface area contributed by atoms with Gasteiger partial charge in [0, 0.05) is 44.8 Å². The van der Waals surface area contributed by atoms with Crippen LogP contribution in [0.4, 0.5) is 4.79 Å². The van der Waals surface area contributed by atoms with Gasteiger partial charge in [0.2, 0.25) is 0 Å². The molecule has 1 aliphatic heterocycles. The first-order chi connectivity index (χ1) is 14.3. The Morgan fingerprint density at radius 2 is 2.03 bits per heavy atom.